The molecule has 1 aromatic heterocycles. The number of ether oxygens (including phenoxy) is 1. The predicted octanol–water partition coefficient (Wildman–Crippen LogP) is 4.45. The molecular formula is C18H22F3N3O2S. The van der Waals surface area contributed by atoms with Gasteiger partial charge in [0.2, 0.25) is 5.91 Å². The van der Waals surface area contributed by atoms with Crippen molar-refractivity contribution in [3.05, 3.63) is 42.2 Å². The van der Waals surface area contributed by atoms with Gasteiger partial charge >= 0.3 is 6.18 Å². The van der Waals surface area contributed by atoms with E-state index in [1.807, 2.05) is 13.8 Å². The van der Waals surface area contributed by atoms with Crippen LogP contribution in [0.25, 0.3) is 0 Å². The Bertz CT molecular complexity index is 775. The summed E-state index contributed by atoms with van der Waals surface area (Å²) in [7, 11) is 1.65. The molecule has 0 unspecified atom stereocenters. The minimum Gasteiger partial charge on any atom is -0.379 e. The fourth-order valence-corrected chi connectivity index (χ4v) is 2.90. The third-order valence-electron chi connectivity index (χ3n) is 3.94. The maximum atomic E-state index is 12.7. The van der Waals surface area contributed by atoms with Crippen molar-refractivity contribution in [3.8, 4) is 0 Å². The van der Waals surface area contributed by atoms with Gasteiger partial charge in [-0.15, -0.1) is 11.8 Å². The Balaban J connectivity index is 1.84. The molecule has 27 heavy (non-hydrogen) atoms. The molecule has 0 radical (unpaired) electrons. The summed E-state index contributed by atoms with van der Waals surface area (Å²) in [6, 6.07) is 4.91. The largest absolute Gasteiger partial charge is 0.416 e. The second-order valence-corrected chi connectivity index (χ2v) is 7.62. The van der Waals surface area contributed by atoms with E-state index < -0.39 is 11.7 Å². The molecule has 9 heteroatoms. The van der Waals surface area contributed by atoms with Crippen LogP contribution in [-0.4, -0.2) is 34.2 Å². The number of alkyl halides is 3. The van der Waals surface area contributed by atoms with Gasteiger partial charge in [-0.1, -0.05) is 6.07 Å². The quantitative estimate of drug-likeness (QED) is 0.664. The second kappa shape index (κ2) is 8.79. The molecule has 5 nitrogen and oxygen atoms in total. The number of carbonyl (C=O) groups excluding carboxylic acids is 1. The van der Waals surface area contributed by atoms with Crippen molar-refractivity contribution < 1.29 is 22.7 Å². The highest BCUT2D eigenvalue weighted by Gasteiger charge is 2.30. The van der Waals surface area contributed by atoms with Crippen LogP contribution >= 0.6 is 11.8 Å². The number of hydrogen-bond donors (Lipinski definition) is 1. The number of anilines is 1. The molecule has 2 rings (SSSR count). The molecular weight excluding hydrogens is 379 g/mol. The van der Waals surface area contributed by atoms with Crippen molar-refractivity contribution in [2.45, 2.75) is 43.5 Å². The van der Waals surface area contributed by atoms with Gasteiger partial charge in [-0.05, 0) is 38.5 Å². The van der Waals surface area contributed by atoms with Crippen LogP contribution in [0.2, 0.25) is 0 Å². The first-order valence-electron chi connectivity index (χ1n) is 8.26. The van der Waals surface area contributed by atoms with Crippen molar-refractivity contribution in [1.29, 1.82) is 0 Å². The van der Waals surface area contributed by atoms with Crippen LogP contribution in [0.1, 0.15) is 25.8 Å². The zero-order valence-corrected chi connectivity index (χ0v) is 16.2. The number of amides is 1. The smallest absolute Gasteiger partial charge is 0.379 e. The molecule has 1 aromatic carbocycles. The standard InChI is InChI=1S/C18H22F3N3O2S/c1-17(2,26-3)7-8-24-11-14(10-22-24)23-16(25)12-27-15-6-4-5-13(9-15)18(19,20)21/h4-6,9-11H,7-8,12H2,1-3H3,(H,23,25). The summed E-state index contributed by atoms with van der Waals surface area (Å²) in [5.74, 6) is -0.308. The normalized spacial score (nSPS) is 12.2. The highest BCUT2D eigenvalue weighted by molar-refractivity contribution is 8.00. The van der Waals surface area contributed by atoms with Gasteiger partial charge in [-0.25, -0.2) is 0 Å². The summed E-state index contributed by atoms with van der Waals surface area (Å²) >= 11 is 1.05. The van der Waals surface area contributed by atoms with E-state index in [2.05, 4.69) is 10.4 Å². The second-order valence-electron chi connectivity index (χ2n) is 6.57. The minimum absolute atomic E-state index is 0.00317. The summed E-state index contributed by atoms with van der Waals surface area (Å²) in [5, 5.41) is 6.87. The SMILES string of the molecule is COC(C)(C)CCn1cc(NC(=O)CSc2cccc(C(F)(F)F)c2)cn1. The van der Waals surface area contributed by atoms with Crippen molar-refractivity contribution in [2.24, 2.45) is 0 Å². The van der Waals surface area contributed by atoms with Crippen molar-refractivity contribution >= 4 is 23.4 Å². The number of methoxy groups -OCH3 is 1. The average Bonchev–Trinajstić information content (AvgIpc) is 3.05. The van der Waals surface area contributed by atoms with E-state index in [0.717, 1.165) is 30.3 Å². The zero-order valence-electron chi connectivity index (χ0n) is 15.3. The minimum atomic E-state index is -4.40. The molecule has 0 aliphatic rings. The number of aryl methyl sites for hydroxylation is 1. The number of benzene rings is 1. The molecule has 1 N–H and O–H groups in total. The van der Waals surface area contributed by atoms with Gasteiger partial charge in [0.05, 0.1) is 28.8 Å². The molecule has 0 bridgehead atoms. The first-order valence-corrected chi connectivity index (χ1v) is 9.25. The Labute approximate surface area is 160 Å². The Morgan fingerprint density at radius 2 is 2.07 bits per heavy atom. The van der Waals surface area contributed by atoms with E-state index in [1.54, 1.807) is 24.1 Å². The van der Waals surface area contributed by atoms with Gasteiger partial charge in [0.15, 0.2) is 0 Å². The van der Waals surface area contributed by atoms with Crippen LogP contribution in [0, 0.1) is 0 Å². The number of nitrogens with zero attached hydrogens (tertiary/aromatic N) is 2. The van der Waals surface area contributed by atoms with Gasteiger partial charge in [-0.2, -0.15) is 18.3 Å². The fourth-order valence-electron chi connectivity index (χ4n) is 2.14. The molecule has 2 aromatic rings. The van der Waals surface area contributed by atoms with Crippen LogP contribution in [0.4, 0.5) is 18.9 Å². The Hall–Kier alpha value is -2.00. The molecule has 0 aliphatic heterocycles. The molecule has 0 aliphatic carbocycles. The Morgan fingerprint density at radius 1 is 1.33 bits per heavy atom. The van der Waals surface area contributed by atoms with E-state index in [4.69, 9.17) is 4.74 Å². The number of aromatic nitrogens is 2. The zero-order chi connectivity index (χ0) is 20.1. The molecule has 0 fully saturated rings. The Kier molecular flexibility index (Phi) is 6.94. The van der Waals surface area contributed by atoms with E-state index in [-0.39, 0.29) is 17.3 Å². The lowest BCUT2D eigenvalue weighted by Gasteiger charge is -2.22. The maximum absolute atomic E-state index is 12.7. The molecule has 148 valence electrons. The number of rotatable bonds is 8. The van der Waals surface area contributed by atoms with Gasteiger partial charge in [0.25, 0.3) is 0 Å². The lowest BCUT2D eigenvalue weighted by atomic mass is 10.1. The first kappa shape index (κ1) is 21.3. The van der Waals surface area contributed by atoms with Crippen molar-refractivity contribution in [1.82, 2.24) is 9.78 Å². The summed E-state index contributed by atoms with van der Waals surface area (Å²) < 4.78 is 45.2. The molecule has 1 amide bonds. The van der Waals surface area contributed by atoms with Gasteiger partial charge in [0, 0.05) is 24.7 Å². The first-order chi connectivity index (χ1) is 12.6. The third kappa shape index (κ3) is 6.91. The average molecular weight is 401 g/mol. The van der Waals surface area contributed by atoms with E-state index in [9.17, 15) is 18.0 Å². The molecule has 0 spiro atoms. The van der Waals surface area contributed by atoms with Crippen LogP contribution in [0.5, 0.6) is 0 Å². The van der Waals surface area contributed by atoms with Crippen LogP contribution < -0.4 is 5.32 Å². The monoisotopic (exact) mass is 401 g/mol. The van der Waals surface area contributed by atoms with Crippen LogP contribution in [0.3, 0.4) is 0 Å². The van der Waals surface area contributed by atoms with Crippen molar-refractivity contribution in [3.63, 3.8) is 0 Å². The fraction of sp³-hybridized carbons (Fsp3) is 0.444. The highest BCUT2D eigenvalue weighted by Crippen LogP contribution is 2.31. The number of hydrogen-bond acceptors (Lipinski definition) is 4. The maximum Gasteiger partial charge on any atom is 0.416 e. The van der Waals surface area contributed by atoms with Gasteiger partial charge in [-0.3, -0.25) is 9.48 Å². The summed E-state index contributed by atoms with van der Waals surface area (Å²) in [5.41, 5.74) is -0.454. The highest BCUT2D eigenvalue weighted by atomic mass is 32.2. The van der Waals surface area contributed by atoms with Crippen LogP contribution in [0.15, 0.2) is 41.6 Å². The third-order valence-corrected chi connectivity index (χ3v) is 4.94. The lowest BCUT2D eigenvalue weighted by Crippen LogP contribution is -2.24. The predicted molar refractivity (Wildman–Crippen MR) is 98.7 cm³/mol. The molecule has 1 heterocycles. The number of halogens is 3. The number of carbonyl (C=O) groups is 1. The molecule has 0 saturated heterocycles. The molecule has 0 atom stereocenters. The lowest BCUT2D eigenvalue weighted by molar-refractivity contribution is -0.137. The van der Waals surface area contributed by atoms with Crippen molar-refractivity contribution in [2.75, 3.05) is 18.2 Å². The van der Waals surface area contributed by atoms with Gasteiger partial charge in [0.1, 0.15) is 0 Å². The molecule has 0 saturated carbocycles. The number of nitrogens with one attached hydrogen (secondary N) is 1. The van der Waals surface area contributed by atoms with E-state index >= 15 is 0 Å². The van der Waals surface area contributed by atoms with Gasteiger partial charge < -0.3 is 10.1 Å². The Morgan fingerprint density at radius 3 is 2.74 bits per heavy atom. The van der Waals surface area contributed by atoms with Crippen LogP contribution in [-0.2, 0) is 22.3 Å². The summed E-state index contributed by atoms with van der Waals surface area (Å²) in [6.45, 7) is 4.59. The summed E-state index contributed by atoms with van der Waals surface area (Å²) in [4.78, 5) is 12.4. The number of thioether (sulfide) groups is 1. The topological polar surface area (TPSA) is 56.1 Å². The summed E-state index contributed by atoms with van der Waals surface area (Å²) in [6.07, 6.45) is -0.403. The van der Waals surface area contributed by atoms with E-state index in [1.165, 1.54) is 12.3 Å². The van der Waals surface area contributed by atoms with E-state index in [0.29, 0.717) is 17.1 Å².